The highest BCUT2D eigenvalue weighted by Crippen LogP contribution is 2.47. The molecule has 1 fully saturated rings. The summed E-state index contributed by atoms with van der Waals surface area (Å²) < 4.78 is 1.93. The maximum atomic E-state index is 12.6. The quantitative estimate of drug-likeness (QED) is 0.461. The molecule has 7 nitrogen and oxygen atoms in total. The van der Waals surface area contributed by atoms with E-state index in [1.807, 2.05) is 65.4 Å². The number of aliphatic carboxylic acids is 1. The van der Waals surface area contributed by atoms with Gasteiger partial charge in [0.1, 0.15) is 6.54 Å². The van der Waals surface area contributed by atoms with Crippen molar-refractivity contribution >= 4 is 34.0 Å². The van der Waals surface area contributed by atoms with Crippen LogP contribution in [0.4, 0.5) is 5.82 Å². The lowest BCUT2D eigenvalue weighted by Gasteiger charge is -2.45. The summed E-state index contributed by atoms with van der Waals surface area (Å²) in [6.45, 7) is 2.07. The smallest absolute Gasteiger partial charge is 0.272 e. The maximum Gasteiger partial charge on any atom is 0.272 e. The van der Waals surface area contributed by atoms with Crippen LogP contribution in [0, 0.1) is 5.92 Å². The van der Waals surface area contributed by atoms with E-state index in [0.29, 0.717) is 24.4 Å². The molecule has 0 bridgehead atoms. The van der Waals surface area contributed by atoms with E-state index in [0.717, 1.165) is 21.9 Å². The Hall–Kier alpha value is -3.71. The molecule has 0 aliphatic carbocycles. The number of nitrogens with two attached hydrogens (primary N) is 1. The van der Waals surface area contributed by atoms with Crippen LogP contribution in [0.15, 0.2) is 66.5 Å². The van der Waals surface area contributed by atoms with E-state index in [1.165, 1.54) is 4.90 Å². The molecule has 3 N–H and O–H groups in total. The van der Waals surface area contributed by atoms with Crippen molar-refractivity contribution in [2.75, 3.05) is 5.73 Å². The molecular formula is C25H23N3O4. The molecule has 2 aromatic carbocycles. The average Bonchev–Trinajstić information content (AvgIpc) is 3.10. The fourth-order valence-corrected chi connectivity index (χ4v) is 5.03. The van der Waals surface area contributed by atoms with Crippen molar-refractivity contribution in [1.29, 1.82) is 0 Å². The highest BCUT2D eigenvalue weighted by atomic mass is 16.4. The number of hydrogen-bond acceptors (Lipinski definition) is 5. The molecule has 1 amide bonds. The van der Waals surface area contributed by atoms with Gasteiger partial charge in [0.15, 0.2) is 0 Å². The molecule has 1 saturated heterocycles. The average molecular weight is 429 g/mol. The predicted octanol–water partition coefficient (Wildman–Crippen LogP) is 0.830. The van der Waals surface area contributed by atoms with E-state index in [1.54, 1.807) is 6.92 Å². The number of hydrogen-bond donors (Lipinski definition) is 2. The van der Waals surface area contributed by atoms with Gasteiger partial charge in [-0.2, -0.15) is 0 Å². The molecule has 0 radical (unpaired) electrons. The van der Waals surface area contributed by atoms with Gasteiger partial charge in [-0.25, -0.2) is 4.57 Å². The van der Waals surface area contributed by atoms with E-state index in [9.17, 15) is 19.8 Å². The zero-order valence-electron chi connectivity index (χ0n) is 17.6. The molecular weight excluding hydrogens is 406 g/mol. The molecule has 7 heteroatoms. The normalized spacial score (nSPS) is 20.9. The SMILES string of the molecule is C[C@@H](O)[C@H]1C(=O)N2C(C(=O)[O-])=C(c3cc(C[n+]4ccccc4N)c4ccccc4c3)C[C@H]12. The number of pyridine rings is 1. The Morgan fingerprint density at radius 2 is 2.00 bits per heavy atom. The molecule has 0 saturated carbocycles. The molecule has 1 aromatic heterocycles. The van der Waals surface area contributed by atoms with Crippen molar-refractivity contribution in [2.24, 2.45) is 5.92 Å². The van der Waals surface area contributed by atoms with E-state index in [-0.39, 0.29) is 17.6 Å². The third-order valence-corrected chi connectivity index (χ3v) is 6.53. The Balaban J connectivity index is 1.64. The van der Waals surface area contributed by atoms with Gasteiger partial charge in [0, 0.05) is 11.6 Å². The first-order chi connectivity index (χ1) is 15.4. The number of carbonyl (C=O) groups is 2. The number of anilines is 1. The Kier molecular flexibility index (Phi) is 4.71. The predicted molar refractivity (Wildman–Crippen MR) is 116 cm³/mol. The van der Waals surface area contributed by atoms with Gasteiger partial charge in [-0.1, -0.05) is 30.3 Å². The summed E-state index contributed by atoms with van der Waals surface area (Å²) in [5.41, 5.74) is 8.33. The van der Waals surface area contributed by atoms with Crippen LogP contribution in [-0.4, -0.2) is 34.0 Å². The lowest BCUT2D eigenvalue weighted by Crippen LogP contribution is -2.62. The summed E-state index contributed by atoms with van der Waals surface area (Å²) in [4.78, 5) is 25.9. The lowest BCUT2D eigenvalue weighted by molar-refractivity contribution is -0.673. The summed E-state index contributed by atoms with van der Waals surface area (Å²) in [7, 11) is 0. The molecule has 3 heterocycles. The van der Waals surface area contributed by atoms with Crippen LogP contribution in [0.25, 0.3) is 16.3 Å². The first kappa shape index (κ1) is 20.2. The molecule has 162 valence electrons. The van der Waals surface area contributed by atoms with Gasteiger partial charge < -0.3 is 19.9 Å². The van der Waals surface area contributed by atoms with Gasteiger partial charge in [-0.3, -0.25) is 10.5 Å². The number of fused-ring (bicyclic) bond motifs is 2. The van der Waals surface area contributed by atoms with Crippen LogP contribution in [0.1, 0.15) is 24.5 Å². The van der Waals surface area contributed by atoms with Crippen molar-refractivity contribution < 1.29 is 24.4 Å². The van der Waals surface area contributed by atoms with E-state index in [2.05, 4.69) is 0 Å². The number of nitrogen functional groups attached to an aromatic ring is 1. The highest BCUT2D eigenvalue weighted by molar-refractivity contribution is 6.06. The zero-order chi connectivity index (χ0) is 22.6. The third-order valence-electron chi connectivity index (χ3n) is 6.53. The van der Waals surface area contributed by atoms with Crippen molar-refractivity contribution in [3.05, 3.63) is 77.6 Å². The lowest BCUT2D eigenvalue weighted by atomic mass is 9.82. The second-order valence-corrected chi connectivity index (χ2v) is 8.47. The van der Waals surface area contributed by atoms with Crippen LogP contribution in [0.5, 0.6) is 0 Å². The standard InChI is InChI=1S/C25H23N3O4/c1-14(29)22-20-12-19(23(25(31)32)28(20)24(22)30)16-10-15-6-2-3-7-18(15)17(11-16)13-27-9-5-4-8-21(27)26/h2-11,14,20,22,26,29H,12-13H2,1H3,(H,31,32)/t14-,20-,22-/m1/s1. The number of nitrogens with zero attached hydrogens (tertiary/aromatic N) is 2. The van der Waals surface area contributed by atoms with Gasteiger partial charge in [-0.05, 0) is 53.5 Å². The van der Waals surface area contributed by atoms with Crippen molar-refractivity contribution in [3.8, 4) is 0 Å². The summed E-state index contributed by atoms with van der Waals surface area (Å²) in [6.07, 6.45) is 1.43. The van der Waals surface area contributed by atoms with E-state index in [4.69, 9.17) is 5.73 Å². The molecule has 0 unspecified atom stereocenters. The number of aliphatic hydroxyl groups is 1. The van der Waals surface area contributed by atoms with Gasteiger partial charge in [0.05, 0.1) is 35.9 Å². The summed E-state index contributed by atoms with van der Waals surface area (Å²) in [6, 6.07) is 17.1. The molecule has 2 aliphatic heterocycles. The Bertz CT molecular complexity index is 1300. The number of rotatable bonds is 5. The second kappa shape index (κ2) is 7.46. The number of carboxylic acid groups (broad SMARTS) is 1. The Labute approximate surface area is 185 Å². The molecule has 32 heavy (non-hydrogen) atoms. The third kappa shape index (κ3) is 3.05. The molecule has 0 spiro atoms. The Morgan fingerprint density at radius 3 is 2.72 bits per heavy atom. The van der Waals surface area contributed by atoms with Gasteiger partial charge in [-0.15, -0.1) is 0 Å². The molecule has 3 atom stereocenters. The van der Waals surface area contributed by atoms with Crippen molar-refractivity contribution in [3.63, 3.8) is 0 Å². The summed E-state index contributed by atoms with van der Waals surface area (Å²) in [5.74, 6) is -1.72. The van der Waals surface area contributed by atoms with Gasteiger partial charge in [0.25, 0.3) is 5.82 Å². The van der Waals surface area contributed by atoms with Gasteiger partial charge in [0.2, 0.25) is 5.91 Å². The zero-order valence-corrected chi connectivity index (χ0v) is 17.6. The van der Waals surface area contributed by atoms with Crippen LogP contribution in [-0.2, 0) is 16.1 Å². The summed E-state index contributed by atoms with van der Waals surface area (Å²) in [5, 5.41) is 24.0. The van der Waals surface area contributed by atoms with E-state index < -0.39 is 18.0 Å². The van der Waals surface area contributed by atoms with Crippen LogP contribution < -0.4 is 15.4 Å². The fourth-order valence-electron chi connectivity index (χ4n) is 5.03. The minimum Gasteiger partial charge on any atom is -0.543 e. The van der Waals surface area contributed by atoms with E-state index >= 15 is 0 Å². The first-order valence-corrected chi connectivity index (χ1v) is 10.6. The minimum absolute atomic E-state index is 0.0926. The van der Waals surface area contributed by atoms with Crippen molar-refractivity contribution in [2.45, 2.75) is 32.0 Å². The number of aliphatic hydroxyl groups excluding tert-OH is 1. The first-order valence-electron chi connectivity index (χ1n) is 10.6. The maximum absolute atomic E-state index is 12.6. The number of β-lactam (4-membered cyclic amide) rings is 1. The highest BCUT2D eigenvalue weighted by Gasteiger charge is 2.55. The minimum atomic E-state index is -1.38. The number of carbonyl (C=O) groups excluding carboxylic acids is 2. The number of carboxylic acids is 1. The molecule has 5 rings (SSSR count). The van der Waals surface area contributed by atoms with Crippen LogP contribution in [0.2, 0.25) is 0 Å². The summed E-state index contributed by atoms with van der Waals surface area (Å²) >= 11 is 0. The fraction of sp³-hybridized carbons (Fsp3) is 0.240. The number of aromatic nitrogens is 1. The Morgan fingerprint density at radius 1 is 1.25 bits per heavy atom. The van der Waals surface area contributed by atoms with Crippen LogP contribution >= 0.6 is 0 Å². The van der Waals surface area contributed by atoms with Crippen LogP contribution in [0.3, 0.4) is 0 Å². The largest absolute Gasteiger partial charge is 0.543 e. The number of benzene rings is 2. The monoisotopic (exact) mass is 429 g/mol. The second-order valence-electron chi connectivity index (χ2n) is 8.47. The van der Waals surface area contributed by atoms with Gasteiger partial charge >= 0.3 is 0 Å². The number of amides is 1. The molecule has 2 aliphatic rings. The van der Waals surface area contributed by atoms with Crippen molar-refractivity contribution in [1.82, 2.24) is 4.90 Å². The molecule has 3 aromatic rings. The topological polar surface area (TPSA) is 111 Å².